The predicted molar refractivity (Wildman–Crippen MR) is 64.8 cm³/mol. The van der Waals surface area contributed by atoms with Crippen LogP contribution in [0.25, 0.3) is 0 Å². The lowest BCUT2D eigenvalue weighted by Gasteiger charge is -2.29. The molecule has 3 N–H and O–H groups in total. The van der Waals surface area contributed by atoms with Crippen LogP contribution in [0, 0.1) is 11.8 Å². The Labute approximate surface area is 106 Å². The van der Waals surface area contributed by atoms with Crippen molar-refractivity contribution in [2.45, 2.75) is 32.6 Å². The molecule has 102 valence electrons. The van der Waals surface area contributed by atoms with E-state index < -0.39 is 18.4 Å². The van der Waals surface area contributed by atoms with Gasteiger partial charge in [0.15, 0.2) is 0 Å². The zero-order valence-electron chi connectivity index (χ0n) is 10.6. The highest BCUT2D eigenvalue weighted by molar-refractivity contribution is 5.89. The van der Waals surface area contributed by atoms with Crippen LogP contribution in [0.5, 0.6) is 0 Å². The van der Waals surface area contributed by atoms with E-state index >= 15 is 0 Å². The number of aliphatic carboxylic acids is 1. The summed E-state index contributed by atoms with van der Waals surface area (Å²) < 4.78 is 0. The van der Waals surface area contributed by atoms with E-state index in [1.54, 1.807) is 0 Å². The number of carbonyl (C=O) groups is 3. The van der Waals surface area contributed by atoms with Gasteiger partial charge in [-0.3, -0.25) is 14.4 Å². The van der Waals surface area contributed by atoms with Crippen molar-refractivity contribution >= 4 is 17.8 Å². The molecule has 6 nitrogen and oxygen atoms in total. The van der Waals surface area contributed by atoms with Crippen LogP contribution in [0.3, 0.4) is 0 Å². The minimum atomic E-state index is -1.08. The second-order valence-electron chi connectivity index (χ2n) is 4.50. The SMILES string of the molecule is CCNC(=O)C1CCCCC1C(=O)NCC(=O)O. The molecule has 1 aliphatic rings. The molecule has 1 fully saturated rings. The molecule has 2 unspecified atom stereocenters. The third kappa shape index (κ3) is 4.01. The van der Waals surface area contributed by atoms with E-state index in [1.165, 1.54) is 0 Å². The lowest BCUT2D eigenvalue weighted by molar-refractivity contribution is -0.140. The zero-order valence-corrected chi connectivity index (χ0v) is 10.6. The first-order valence-corrected chi connectivity index (χ1v) is 6.33. The molecule has 1 saturated carbocycles. The topological polar surface area (TPSA) is 95.5 Å². The van der Waals surface area contributed by atoms with Crippen LogP contribution in [0.15, 0.2) is 0 Å². The molecule has 0 spiro atoms. The Morgan fingerprint density at radius 1 is 1.06 bits per heavy atom. The summed E-state index contributed by atoms with van der Waals surface area (Å²) in [5.41, 5.74) is 0. The summed E-state index contributed by atoms with van der Waals surface area (Å²) in [6, 6.07) is 0. The van der Waals surface area contributed by atoms with E-state index in [9.17, 15) is 14.4 Å². The Bertz CT molecular complexity index is 330. The van der Waals surface area contributed by atoms with Gasteiger partial charge in [0.2, 0.25) is 11.8 Å². The van der Waals surface area contributed by atoms with Crippen molar-refractivity contribution in [1.29, 1.82) is 0 Å². The molecule has 0 aromatic carbocycles. The average Bonchev–Trinajstić information content (AvgIpc) is 2.36. The summed E-state index contributed by atoms with van der Waals surface area (Å²) in [7, 11) is 0. The molecule has 1 rings (SSSR count). The molecule has 0 aliphatic heterocycles. The first-order chi connectivity index (χ1) is 8.56. The van der Waals surface area contributed by atoms with E-state index in [0.29, 0.717) is 19.4 Å². The van der Waals surface area contributed by atoms with Crippen molar-refractivity contribution in [2.24, 2.45) is 11.8 Å². The second kappa shape index (κ2) is 6.98. The number of rotatable bonds is 5. The predicted octanol–water partition coefficient (Wildman–Crippen LogP) is 0.130. The summed E-state index contributed by atoms with van der Waals surface area (Å²) >= 11 is 0. The maximum Gasteiger partial charge on any atom is 0.322 e. The smallest absolute Gasteiger partial charge is 0.322 e. The fourth-order valence-electron chi connectivity index (χ4n) is 2.36. The van der Waals surface area contributed by atoms with Crippen LogP contribution in [0.4, 0.5) is 0 Å². The fourth-order valence-corrected chi connectivity index (χ4v) is 2.36. The van der Waals surface area contributed by atoms with Crippen LogP contribution in [0.1, 0.15) is 32.6 Å². The molecule has 1 aliphatic carbocycles. The first-order valence-electron chi connectivity index (χ1n) is 6.33. The van der Waals surface area contributed by atoms with Gasteiger partial charge >= 0.3 is 5.97 Å². The maximum absolute atomic E-state index is 11.9. The lowest BCUT2D eigenvalue weighted by Crippen LogP contribution is -2.44. The molecule has 2 atom stereocenters. The van der Waals surface area contributed by atoms with E-state index in [1.807, 2.05) is 6.92 Å². The third-order valence-electron chi connectivity index (χ3n) is 3.20. The van der Waals surface area contributed by atoms with Gasteiger partial charge in [-0.1, -0.05) is 12.8 Å². The van der Waals surface area contributed by atoms with Crippen molar-refractivity contribution in [1.82, 2.24) is 10.6 Å². The fraction of sp³-hybridized carbons (Fsp3) is 0.750. The van der Waals surface area contributed by atoms with Gasteiger partial charge < -0.3 is 15.7 Å². The molecular formula is C12H20N2O4. The Morgan fingerprint density at radius 2 is 1.56 bits per heavy atom. The lowest BCUT2D eigenvalue weighted by atomic mass is 9.78. The minimum Gasteiger partial charge on any atom is -0.480 e. The molecule has 0 aromatic heterocycles. The summed E-state index contributed by atoms with van der Waals surface area (Å²) in [6.45, 7) is 1.98. The van der Waals surface area contributed by atoms with Crippen LogP contribution >= 0.6 is 0 Å². The van der Waals surface area contributed by atoms with Crippen LogP contribution in [-0.2, 0) is 14.4 Å². The Kier molecular flexibility index (Phi) is 5.61. The number of hydrogen-bond acceptors (Lipinski definition) is 3. The van der Waals surface area contributed by atoms with Gasteiger partial charge in [-0.25, -0.2) is 0 Å². The first kappa shape index (κ1) is 14.5. The van der Waals surface area contributed by atoms with Crippen molar-refractivity contribution in [3.05, 3.63) is 0 Å². The number of amides is 2. The quantitative estimate of drug-likeness (QED) is 0.651. The van der Waals surface area contributed by atoms with Gasteiger partial charge in [-0.15, -0.1) is 0 Å². The number of carboxylic acid groups (broad SMARTS) is 1. The minimum absolute atomic E-state index is 0.104. The van der Waals surface area contributed by atoms with Gasteiger partial charge in [-0.2, -0.15) is 0 Å². The van der Waals surface area contributed by atoms with E-state index in [0.717, 1.165) is 12.8 Å². The molecular weight excluding hydrogens is 236 g/mol. The Morgan fingerprint density at radius 3 is 2.00 bits per heavy atom. The largest absolute Gasteiger partial charge is 0.480 e. The number of carbonyl (C=O) groups excluding carboxylic acids is 2. The molecule has 18 heavy (non-hydrogen) atoms. The normalized spacial score (nSPS) is 23.2. The standard InChI is InChI=1S/C12H20N2O4/c1-2-13-11(17)8-5-3-4-6-9(8)12(18)14-7-10(15)16/h8-9H,2-7H2,1H3,(H,13,17)(H,14,18)(H,15,16). The van der Waals surface area contributed by atoms with E-state index in [-0.39, 0.29) is 17.7 Å². The average molecular weight is 256 g/mol. The van der Waals surface area contributed by atoms with Gasteiger partial charge in [0.25, 0.3) is 0 Å². The summed E-state index contributed by atoms with van der Waals surface area (Å²) in [5.74, 6) is -2.23. The Hall–Kier alpha value is -1.59. The van der Waals surface area contributed by atoms with Gasteiger partial charge in [-0.05, 0) is 19.8 Å². The van der Waals surface area contributed by atoms with Crippen molar-refractivity contribution in [3.8, 4) is 0 Å². The summed E-state index contributed by atoms with van der Waals surface area (Å²) in [6.07, 6.45) is 3.18. The van der Waals surface area contributed by atoms with Crippen molar-refractivity contribution in [2.75, 3.05) is 13.1 Å². The summed E-state index contributed by atoms with van der Waals surface area (Å²) in [5, 5.41) is 13.6. The van der Waals surface area contributed by atoms with Crippen molar-refractivity contribution in [3.63, 3.8) is 0 Å². The molecule has 0 radical (unpaired) electrons. The van der Waals surface area contributed by atoms with Gasteiger partial charge in [0, 0.05) is 18.4 Å². The summed E-state index contributed by atoms with van der Waals surface area (Å²) in [4.78, 5) is 34.1. The van der Waals surface area contributed by atoms with Crippen LogP contribution in [0.2, 0.25) is 0 Å². The highest BCUT2D eigenvalue weighted by atomic mass is 16.4. The van der Waals surface area contributed by atoms with E-state index in [4.69, 9.17) is 5.11 Å². The second-order valence-corrected chi connectivity index (χ2v) is 4.50. The number of nitrogens with one attached hydrogen (secondary N) is 2. The van der Waals surface area contributed by atoms with Gasteiger partial charge in [0.1, 0.15) is 6.54 Å². The van der Waals surface area contributed by atoms with Crippen LogP contribution < -0.4 is 10.6 Å². The highest BCUT2D eigenvalue weighted by Gasteiger charge is 2.35. The molecule has 0 aromatic rings. The molecule has 0 heterocycles. The van der Waals surface area contributed by atoms with Crippen LogP contribution in [-0.4, -0.2) is 36.0 Å². The molecule has 0 saturated heterocycles. The maximum atomic E-state index is 11.9. The highest BCUT2D eigenvalue weighted by Crippen LogP contribution is 2.30. The monoisotopic (exact) mass is 256 g/mol. The third-order valence-corrected chi connectivity index (χ3v) is 3.20. The number of carboxylic acids is 1. The Balaban J connectivity index is 2.60. The molecule has 2 amide bonds. The van der Waals surface area contributed by atoms with E-state index in [2.05, 4.69) is 10.6 Å². The number of hydrogen-bond donors (Lipinski definition) is 3. The molecule has 6 heteroatoms. The zero-order chi connectivity index (χ0) is 13.5. The van der Waals surface area contributed by atoms with Crippen molar-refractivity contribution < 1.29 is 19.5 Å². The van der Waals surface area contributed by atoms with Gasteiger partial charge in [0.05, 0.1) is 0 Å². The molecule has 0 bridgehead atoms.